The van der Waals surface area contributed by atoms with E-state index in [1.807, 2.05) is 24.3 Å². The SMILES string of the molecule is CCC[C@@H]1CN(C(=O)[C@@H](NC(=O)c2ccc(N3CCN(C)CC3)cc2)C2CCCC2)[C@@H]2C(=O)CO[C@H]12. The Labute approximate surface area is 214 Å². The van der Waals surface area contributed by atoms with Crippen LogP contribution in [0.4, 0.5) is 5.69 Å². The molecule has 8 nitrogen and oxygen atoms in total. The van der Waals surface area contributed by atoms with Crippen LogP contribution >= 0.6 is 0 Å². The minimum absolute atomic E-state index is 0.0112. The highest BCUT2D eigenvalue weighted by molar-refractivity contribution is 5.99. The van der Waals surface area contributed by atoms with E-state index < -0.39 is 12.1 Å². The minimum Gasteiger partial charge on any atom is -0.369 e. The molecule has 3 heterocycles. The van der Waals surface area contributed by atoms with Crippen molar-refractivity contribution in [2.24, 2.45) is 11.8 Å². The summed E-state index contributed by atoms with van der Waals surface area (Å²) in [5.41, 5.74) is 1.68. The third kappa shape index (κ3) is 5.02. The van der Waals surface area contributed by atoms with Crippen LogP contribution < -0.4 is 10.2 Å². The fourth-order valence-corrected chi connectivity index (χ4v) is 6.57. The number of ether oxygens (including phenoxy) is 1. The first-order chi connectivity index (χ1) is 17.5. The van der Waals surface area contributed by atoms with Crippen molar-refractivity contribution >= 4 is 23.3 Å². The van der Waals surface area contributed by atoms with Crippen molar-refractivity contribution in [3.63, 3.8) is 0 Å². The number of amides is 2. The molecule has 4 atom stereocenters. The van der Waals surface area contributed by atoms with Gasteiger partial charge in [-0.3, -0.25) is 14.4 Å². The Balaban J connectivity index is 1.30. The van der Waals surface area contributed by atoms with Crippen LogP contribution in [0.15, 0.2) is 24.3 Å². The van der Waals surface area contributed by atoms with Crippen molar-refractivity contribution in [2.45, 2.75) is 63.6 Å². The van der Waals surface area contributed by atoms with Crippen molar-refractivity contribution in [1.29, 1.82) is 0 Å². The summed E-state index contributed by atoms with van der Waals surface area (Å²) in [6.45, 7) is 6.73. The van der Waals surface area contributed by atoms with Gasteiger partial charge in [-0.2, -0.15) is 0 Å². The molecule has 4 aliphatic rings. The first kappa shape index (κ1) is 25.2. The second-order valence-corrected chi connectivity index (χ2v) is 11.1. The summed E-state index contributed by atoms with van der Waals surface area (Å²) in [6.07, 6.45) is 5.68. The van der Waals surface area contributed by atoms with Crippen molar-refractivity contribution in [2.75, 3.05) is 51.3 Å². The molecule has 1 saturated carbocycles. The van der Waals surface area contributed by atoms with E-state index in [9.17, 15) is 14.4 Å². The van der Waals surface area contributed by atoms with Crippen molar-refractivity contribution in [1.82, 2.24) is 15.1 Å². The smallest absolute Gasteiger partial charge is 0.251 e. The molecule has 8 heteroatoms. The number of hydrogen-bond donors (Lipinski definition) is 1. The first-order valence-electron chi connectivity index (χ1n) is 13.8. The van der Waals surface area contributed by atoms with Gasteiger partial charge < -0.3 is 24.8 Å². The minimum atomic E-state index is -0.605. The van der Waals surface area contributed by atoms with Gasteiger partial charge >= 0.3 is 0 Å². The number of ketones is 1. The van der Waals surface area contributed by atoms with Crippen LogP contribution in [-0.4, -0.2) is 92.0 Å². The maximum Gasteiger partial charge on any atom is 0.251 e. The van der Waals surface area contributed by atoms with Gasteiger partial charge in [-0.05, 0) is 56.5 Å². The maximum atomic E-state index is 13.9. The van der Waals surface area contributed by atoms with Gasteiger partial charge in [0, 0.05) is 49.9 Å². The number of anilines is 1. The van der Waals surface area contributed by atoms with Crippen LogP contribution in [0, 0.1) is 11.8 Å². The number of likely N-dealkylation sites (tertiary alicyclic amines) is 1. The fourth-order valence-electron chi connectivity index (χ4n) is 6.57. The normalized spacial score (nSPS) is 27.9. The van der Waals surface area contributed by atoms with E-state index in [1.54, 1.807) is 4.90 Å². The Morgan fingerprint density at radius 3 is 2.44 bits per heavy atom. The molecule has 1 aromatic rings. The number of carbonyl (C=O) groups is 3. The third-order valence-corrected chi connectivity index (χ3v) is 8.66. The second kappa shape index (κ2) is 10.9. The lowest BCUT2D eigenvalue weighted by Gasteiger charge is -2.34. The molecule has 5 rings (SSSR count). The third-order valence-electron chi connectivity index (χ3n) is 8.66. The zero-order chi connectivity index (χ0) is 25.2. The molecule has 2 amide bonds. The predicted octanol–water partition coefficient (Wildman–Crippen LogP) is 2.32. The highest BCUT2D eigenvalue weighted by atomic mass is 16.5. The summed E-state index contributed by atoms with van der Waals surface area (Å²) in [6, 6.07) is 6.61. The maximum absolute atomic E-state index is 13.9. The average Bonchev–Trinajstić information content (AvgIpc) is 3.63. The number of nitrogens with zero attached hydrogens (tertiary/aromatic N) is 3. The van der Waals surface area contributed by atoms with Crippen LogP contribution in [0.3, 0.4) is 0 Å². The molecular weight excluding hydrogens is 456 g/mol. The molecule has 1 N–H and O–H groups in total. The summed E-state index contributed by atoms with van der Waals surface area (Å²) in [4.78, 5) is 46.3. The highest BCUT2D eigenvalue weighted by Gasteiger charge is 2.53. The molecule has 3 aliphatic heterocycles. The zero-order valence-corrected chi connectivity index (χ0v) is 21.7. The molecule has 0 spiro atoms. The first-order valence-corrected chi connectivity index (χ1v) is 13.8. The molecule has 0 unspecified atom stereocenters. The predicted molar refractivity (Wildman–Crippen MR) is 138 cm³/mol. The molecule has 0 aromatic heterocycles. The monoisotopic (exact) mass is 496 g/mol. The van der Waals surface area contributed by atoms with E-state index >= 15 is 0 Å². The summed E-state index contributed by atoms with van der Waals surface area (Å²) in [5, 5.41) is 3.10. The molecule has 196 valence electrons. The van der Waals surface area contributed by atoms with Gasteiger partial charge in [0.05, 0.1) is 6.10 Å². The van der Waals surface area contributed by atoms with Gasteiger partial charge in [0.2, 0.25) is 5.91 Å². The van der Waals surface area contributed by atoms with Crippen molar-refractivity contribution in [3.8, 4) is 0 Å². The Bertz CT molecular complexity index is 953. The number of benzene rings is 1. The molecule has 3 saturated heterocycles. The van der Waals surface area contributed by atoms with Crippen LogP contribution in [0.1, 0.15) is 55.8 Å². The van der Waals surface area contributed by atoms with Crippen molar-refractivity contribution < 1.29 is 19.1 Å². The topological polar surface area (TPSA) is 82.2 Å². The number of carbonyl (C=O) groups excluding carboxylic acids is 3. The standard InChI is InChI=1S/C28H40N4O4/c1-3-6-21-17-32(25-23(33)18-36-26(21)25)28(35)24(19-7-4-5-8-19)29-27(34)20-9-11-22(12-10-20)31-15-13-30(2)14-16-31/h9-12,19,21,24-26H,3-8,13-18H2,1-2H3,(H,29,34)/t21-,24+,25-,26-/m1/s1. The summed E-state index contributed by atoms with van der Waals surface area (Å²) < 4.78 is 5.82. The zero-order valence-electron chi connectivity index (χ0n) is 21.7. The number of nitrogens with one attached hydrogen (secondary N) is 1. The van der Waals surface area contributed by atoms with Crippen LogP contribution in [0.5, 0.6) is 0 Å². The van der Waals surface area contributed by atoms with E-state index in [0.29, 0.717) is 12.1 Å². The fraction of sp³-hybridized carbons (Fsp3) is 0.679. The second-order valence-electron chi connectivity index (χ2n) is 11.1. The lowest BCUT2D eigenvalue weighted by molar-refractivity contribution is -0.139. The largest absolute Gasteiger partial charge is 0.369 e. The lowest BCUT2D eigenvalue weighted by Crippen LogP contribution is -2.54. The number of likely N-dealkylation sites (N-methyl/N-ethyl adjacent to an activating group) is 1. The van der Waals surface area contributed by atoms with E-state index in [-0.39, 0.29) is 42.1 Å². The Morgan fingerprint density at radius 2 is 1.78 bits per heavy atom. The molecule has 1 aromatic carbocycles. The summed E-state index contributed by atoms with van der Waals surface area (Å²) >= 11 is 0. The number of piperazine rings is 1. The number of fused-ring (bicyclic) bond motifs is 1. The summed E-state index contributed by atoms with van der Waals surface area (Å²) in [7, 11) is 2.13. The van der Waals surface area contributed by atoms with Gasteiger partial charge in [-0.25, -0.2) is 0 Å². The summed E-state index contributed by atoms with van der Waals surface area (Å²) in [5.74, 6) is -0.0654. The van der Waals surface area contributed by atoms with Gasteiger partial charge in [-0.15, -0.1) is 0 Å². The van der Waals surface area contributed by atoms with Crippen LogP contribution in [0.2, 0.25) is 0 Å². The molecule has 0 radical (unpaired) electrons. The number of Topliss-reactive ketones (excluding diaryl/α,β-unsaturated/α-hetero) is 1. The quantitative estimate of drug-likeness (QED) is 0.624. The highest BCUT2D eigenvalue weighted by Crippen LogP contribution is 2.36. The van der Waals surface area contributed by atoms with Gasteiger partial charge in [0.25, 0.3) is 5.91 Å². The molecule has 0 bridgehead atoms. The van der Waals surface area contributed by atoms with Gasteiger partial charge in [-0.1, -0.05) is 26.2 Å². The van der Waals surface area contributed by atoms with Gasteiger partial charge in [0.15, 0.2) is 5.78 Å². The molecule has 1 aliphatic carbocycles. The Hall–Kier alpha value is -2.45. The van der Waals surface area contributed by atoms with Crippen LogP contribution in [0.25, 0.3) is 0 Å². The Morgan fingerprint density at radius 1 is 1.08 bits per heavy atom. The molecular formula is C28H40N4O4. The van der Waals surface area contributed by atoms with Crippen molar-refractivity contribution in [3.05, 3.63) is 29.8 Å². The molecule has 36 heavy (non-hydrogen) atoms. The molecule has 4 fully saturated rings. The van der Waals surface area contributed by atoms with E-state index in [4.69, 9.17) is 4.74 Å². The van der Waals surface area contributed by atoms with Gasteiger partial charge in [0.1, 0.15) is 18.7 Å². The van der Waals surface area contributed by atoms with Crippen LogP contribution in [-0.2, 0) is 14.3 Å². The number of hydrogen-bond acceptors (Lipinski definition) is 6. The van der Waals surface area contributed by atoms with E-state index in [0.717, 1.165) is 70.4 Å². The Kier molecular flexibility index (Phi) is 7.62. The van der Waals surface area contributed by atoms with E-state index in [1.165, 1.54) is 0 Å². The number of rotatable bonds is 7. The average molecular weight is 497 g/mol. The van der Waals surface area contributed by atoms with E-state index in [2.05, 4.69) is 29.1 Å². The lowest BCUT2D eigenvalue weighted by atomic mass is 9.95.